The van der Waals surface area contributed by atoms with Crippen molar-refractivity contribution in [2.24, 2.45) is 0 Å². The number of aliphatic carboxylic acids is 1. The van der Waals surface area contributed by atoms with Crippen LogP contribution in [0.2, 0.25) is 5.02 Å². The molecule has 0 amide bonds. The quantitative estimate of drug-likeness (QED) is 0.787. The standard InChI is InChI=1S/C17H24ClNO4/c1-2-19(11-15-5-3-4-8-22-15)10-13-9-14(18)6-7-16(13)23-12-17(20)21/h6-7,9,15H,2-5,8,10-12H2,1H3,(H,20,21)/t15-/m1/s1. The van der Waals surface area contributed by atoms with E-state index in [9.17, 15) is 4.79 Å². The van der Waals surface area contributed by atoms with Crippen LogP contribution < -0.4 is 4.74 Å². The highest BCUT2D eigenvalue weighted by molar-refractivity contribution is 6.30. The molecule has 0 aromatic heterocycles. The molecule has 1 saturated heterocycles. The van der Waals surface area contributed by atoms with Gasteiger partial charge in [0.05, 0.1) is 6.10 Å². The Morgan fingerprint density at radius 2 is 2.30 bits per heavy atom. The molecule has 2 rings (SSSR count). The van der Waals surface area contributed by atoms with Gasteiger partial charge in [0.25, 0.3) is 0 Å². The van der Waals surface area contributed by atoms with Crippen molar-refractivity contribution < 1.29 is 19.4 Å². The number of nitrogens with zero attached hydrogens (tertiary/aromatic N) is 1. The molecule has 1 N–H and O–H groups in total. The summed E-state index contributed by atoms with van der Waals surface area (Å²) in [5, 5.41) is 9.40. The molecule has 1 aromatic rings. The van der Waals surface area contributed by atoms with Crippen LogP contribution in [0, 0.1) is 0 Å². The highest BCUT2D eigenvalue weighted by atomic mass is 35.5. The summed E-state index contributed by atoms with van der Waals surface area (Å²) in [6, 6.07) is 5.28. The van der Waals surface area contributed by atoms with E-state index in [-0.39, 0.29) is 12.7 Å². The summed E-state index contributed by atoms with van der Waals surface area (Å²) < 4.78 is 11.2. The van der Waals surface area contributed by atoms with Crippen LogP contribution in [0.3, 0.4) is 0 Å². The fourth-order valence-corrected chi connectivity index (χ4v) is 2.93. The Morgan fingerprint density at radius 1 is 1.48 bits per heavy atom. The molecule has 0 aliphatic carbocycles. The largest absolute Gasteiger partial charge is 0.482 e. The van der Waals surface area contributed by atoms with Crippen LogP contribution in [0.25, 0.3) is 0 Å². The van der Waals surface area contributed by atoms with Crippen molar-refractivity contribution >= 4 is 17.6 Å². The average molecular weight is 342 g/mol. The van der Waals surface area contributed by atoms with Gasteiger partial charge in [-0.1, -0.05) is 18.5 Å². The number of hydrogen-bond donors (Lipinski definition) is 1. The van der Waals surface area contributed by atoms with Crippen LogP contribution in [0.4, 0.5) is 0 Å². The van der Waals surface area contributed by atoms with Crippen molar-refractivity contribution in [1.82, 2.24) is 4.90 Å². The first kappa shape index (κ1) is 18.0. The lowest BCUT2D eigenvalue weighted by molar-refractivity contribution is -0.139. The second-order valence-electron chi connectivity index (χ2n) is 5.75. The van der Waals surface area contributed by atoms with E-state index in [2.05, 4.69) is 11.8 Å². The van der Waals surface area contributed by atoms with Gasteiger partial charge in [-0.2, -0.15) is 0 Å². The predicted molar refractivity (Wildman–Crippen MR) is 89.1 cm³/mol. The molecule has 1 aliphatic rings. The van der Waals surface area contributed by atoms with Gasteiger partial charge in [-0.3, -0.25) is 4.90 Å². The number of rotatable bonds is 8. The van der Waals surface area contributed by atoms with Crippen LogP contribution in [-0.4, -0.2) is 48.4 Å². The molecule has 5 nitrogen and oxygen atoms in total. The molecule has 0 unspecified atom stereocenters. The number of likely N-dealkylation sites (N-methyl/N-ethyl adjacent to an activating group) is 1. The number of carboxylic acid groups (broad SMARTS) is 1. The number of benzene rings is 1. The fraction of sp³-hybridized carbons (Fsp3) is 0.588. The van der Waals surface area contributed by atoms with Crippen LogP contribution in [0.5, 0.6) is 5.75 Å². The van der Waals surface area contributed by atoms with Gasteiger partial charge in [-0.05, 0) is 44.0 Å². The molecule has 1 fully saturated rings. The van der Waals surface area contributed by atoms with E-state index in [1.54, 1.807) is 12.1 Å². The smallest absolute Gasteiger partial charge is 0.341 e. The first-order valence-corrected chi connectivity index (χ1v) is 8.43. The number of ether oxygens (including phenoxy) is 2. The summed E-state index contributed by atoms with van der Waals surface area (Å²) in [6.07, 6.45) is 3.72. The number of carboxylic acids is 1. The molecule has 23 heavy (non-hydrogen) atoms. The Morgan fingerprint density at radius 3 is 2.96 bits per heavy atom. The summed E-state index contributed by atoms with van der Waals surface area (Å²) >= 11 is 6.08. The Hall–Kier alpha value is -1.30. The highest BCUT2D eigenvalue weighted by Gasteiger charge is 2.18. The number of halogens is 1. The zero-order valence-electron chi connectivity index (χ0n) is 13.5. The van der Waals surface area contributed by atoms with Gasteiger partial charge < -0.3 is 14.6 Å². The van der Waals surface area contributed by atoms with Crippen molar-refractivity contribution in [3.63, 3.8) is 0 Å². The molecule has 1 aliphatic heterocycles. The third kappa shape index (κ3) is 6.01. The van der Waals surface area contributed by atoms with Gasteiger partial charge in [0.2, 0.25) is 0 Å². The Balaban J connectivity index is 2.02. The summed E-state index contributed by atoms with van der Waals surface area (Å²) in [7, 11) is 0. The zero-order chi connectivity index (χ0) is 16.7. The van der Waals surface area contributed by atoms with E-state index >= 15 is 0 Å². The van der Waals surface area contributed by atoms with Gasteiger partial charge in [0.15, 0.2) is 6.61 Å². The zero-order valence-corrected chi connectivity index (χ0v) is 14.2. The molecule has 1 heterocycles. The van der Waals surface area contributed by atoms with E-state index in [1.807, 2.05) is 6.07 Å². The first-order valence-electron chi connectivity index (χ1n) is 8.05. The summed E-state index contributed by atoms with van der Waals surface area (Å²) in [5.74, 6) is -0.423. The lowest BCUT2D eigenvalue weighted by Crippen LogP contribution is -2.35. The average Bonchev–Trinajstić information content (AvgIpc) is 2.54. The molecule has 0 radical (unpaired) electrons. The van der Waals surface area contributed by atoms with E-state index in [4.69, 9.17) is 26.2 Å². The molecule has 0 saturated carbocycles. The number of carbonyl (C=O) groups is 1. The van der Waals surface area contributed by atoms with Crippen LogP contribution in [-0.2, 0) is 16.1 Å². The van der Waals surface area contributed by atoms with E-state index in [1.165, 1.54) is 6.42 Å². The maximum absolute atomic E-state index is 10.7. The van der Waals surface area contributed by atoms with Gasteiger partial charge in [0, 0.05) is 30.3 Å². The summed E-state index contributed by atoms with van der Waals surface area (Å²) in [5.41, 5.74) is 0.899. The Labute approximate surface area is 142 Å². The summed E-state index contributed by atoms with van der Waals surface area (Å²) in [6.45, 7) is 4.99. The molecule has 0 spiro atoms. The van der Waals surface area contributed by atoms with Crippen molar-refractivity contribution in [2.75, 3.05) is 26.3 Å². The van der Waals surface area contributed by atoms with Crippen molar-refractivity contribution in [1.29, 1.82) is 0 Å². The predicted octanol–water partition coefficient (Wildman–Crippen LogP) is 3.19. The molecule has 0 bridgehead atoms. The molecular weight excluding hydrogens is 318 g/mol. The maximum atomic E-state index is 10.7. The van der Waals surface area contributed by atoms with E-state index in [0.29, 0.717) is 17.3 Å². The topological polar surface area (TPSA) is 59.0 Å². The Bertz CT molecular complexity index is 517. The normalized spacial score (nSPS) is 18.1. The lowest BCUT2D eigenvalue weighted by Gasteiger charge is -2.29. The van der Waals surface area contributed by atoms with Gasteiger partial charge in [0.1, 0.15) is 5.75 Å². The van der Waals surface area contributed by atoms with Crippen LogP contribution in [0.15, 0.2) is 18.2 Å². The third-order valence-corrected chi connectivity index (χ3v) is 4.19. The van der Waals surface area contributed by atoms with Crippen molar-refractivity contribution in [2.45, 2.75) is 38.8 Å². The SMILES string of the molecule is CCN(Cc1cc(Cl)ccc1OCC(=O)O)C[C@H]1CCCCO1. The molecule has 1 aromatic carbocycles. The van der Waals surface area contributed by atoms with Crippen LogP contribution >= 0.6 is 11.6 Å². The number of hydrogen-bond acceptors (Lipinski definition) is 4. The minimum absolute atomic E-state index is 0.270. The maximum Gasteiger partial charge on any atom is 0.341 e. The monoisotopic (exact) mass is 341 g/mol. The van der Waals surface area contributed by atoms with E-state index in [0.717, 1.165) is 38.1 Å². The first-order chi connectivity index (χ1) is 11.1. The van der Waals surface area contributed by atoms with Gasteiger partial charge >= 0.3 is 5.97 Å². The second-order valence-corrected chi connectivity index (χ2v) is 6.19. The highest BCUT2D eigenvalue weighted by Crippen LogP contribution is 2.25. The van der Waals surface area contributed by atoms with Gasteiger partial charge in [-0.15, -0.1) is 0 Å². The van der Waals surface area contributed by atoms with Crippen LogP contribution in [0.1, 0.15) is 31.7 Å². The van der Waals surface area contributed by atoms with Gasteiger partial charge in [-0.25, -0.2) is 4.79 Å². The van der Waals surface area contributed by atoms with Crippen molar-refractivity contribution in [3.05, 3.63) is 28.8 Å². The second kappa shape index (κ2) is 9.11. The molecule has 6 heteroatoms. The minimum atomic E-state index is -0.992. The Kier molecular flexibility index (Phi) is 7.15. The molecule has 1 atom stereocenters. The molecule has 128 valence electrons. The summed E-state index contributed by atoms with van der Waals surface area (Å²) in [4.78, 5) is 13.0. The van der Waals surface area contributed by atoms with E-state index < -0.39 is 5.97 Å². The minimum Gasteiger partial charge on any atom is -0.482 e. The third-order valence-electron chi connectivity index (χ3n) is 3.95. The van der Waals surface area contributed by atoms with Crippen molar-refractivity contribution in [3.8, 4) is 5.75 Å². The lowest BCUT2D eigenvalue weighted by atomic mass is 10.1. The molecular formula is C17H24ClNO4. The fourth-order valence-electron chi connectivity index (χ4n) is 2.74.